The maximum atomic E-state index is 14.3. The molecule has 0 fully saturated rings. The number of rotatable bonds is 11. The summed E-state index contributed by atoms with van der Waals surface area (Å²) in [6.45, 7) is 3.70. The first-order valence-electron chi connectivity index (χ1n) is 12.0. The molecular weight excluding hydrogens is 457 g/mol. The number of H-pyrrole nitrogens is 1. The van der Waals surface area contributed by atoms with Gasteiger partial charge >= 0.3 is 0 Å². The molecule has 190 valence electrons. The van der Waals surface area contributed by atoms with Crippen LogP contribution in [0.25, 0.3) is 10.9 Å². The summed E-state index contributed by atoms with van der Waals surface area (Å²) in [5, 5.41) is 4.20. The second kappa shape index (κ2) is 10.9. The number of nitrogens with zero attached hydrogens (tertiary/aromatic N) is 2. The predicted octanol–water partition coefficient (Wildman–Crippen LogP) is 4.89. The number of methoxy groups -OCH3 is 1. The molecule has 9 heteroatoms. The van der Waals surface area contributed by atoms with Crippen LogP contribution in [-0.2, 0) is 6.42 Å². The highest BCUT2D eigenvalue weighted by Crippen LogP contribution is 2.44. The van der Waals surface area contributed by atoms with E-state index in [1.165, 1.54) is 7.11 Å². The minimum atomic E-state index is -2.87. The summed E-state index contributed by atoms with van der Waals surface area (Å²) in [6, 6.07) is 11.0. The number of halogens is 3. The summed E-state index contributed by atoms with van der Waals surface area (Å²) in [5.74, 6) is -2.15. The number of fused-ring (bicyclic) bond motifs is 3. The first kappa shape index (κ1) is 25.3. The Morgan fingerprint density at radius 3 is 2.74 bits per heavy atom. The van der Waals surface area contributed by atoms with Crippen LogP contribution in [0, 0.1) is 0 Å². The van der Waals surface area contributed by atoms with E-state index in [9.17, 15) is 13.2 Å². The highest BCUT2D eigenvalue weighted by atomic mass is 19.3. The third-order valence-corrected chi connectivity index (χ3v) is 6.35. The molecule has 2 atom stereocenters. The molecule has 0 radical (unpaired) electrons. The lowest BCUT2D eigenvalue weighted by Gasteiger charge is -2.42. The quantitative estimate of drug-likeness (QED) is 0.375. The van der Waals surface area contributed by atoms with Crippen molar-refractivity contribution in [1.82, 2.24) is 20.2 Å². The summed E-state index contributed by atoms with van der Waals surface area (Å²) < 4.78 is 52.2. The van der Waals surface area contributed by atoms with Gasteiger partial charge in [0.2, 0.25) is 11.8 Å². The Labute approximate surface area is 203 Å². The Morgan fingerprint density at radius 2 is 2.00 bits per heavy atom. The van der Waals surface area contributed by atoms with Crippen LogP contribution in [0.15, 0.2) is 36.4 Å². The van der Waals surface area contributed by atoms with Gasteiger partial charge in [-0.25, -0.2) is 8.78 Å². The fourth-order valence-electron chi connectivity index (χ4n) is 4.84. The van der Waals surface area contributed by atoms with Crippen LogP contribution in [0.5, 0.6) is 11.8 Å². The third-order valence-electron chi connectivity index (χ3n) is 6.35. The average Bonchev–Trinajstić information content (AvgIpc) is 3.19. The van der Waals surface area contributed by atoms with E-state index in [1.807, 2.05) is 36.1 Å². The third kappa shape index (κ3) is 5.73. The highest BCUT2D eigenvalue weighted by molar-refractivity contribution is 5.85. The zero-order chi connectivity index (χ0) is 25.0. The Kier molecular flexibility index (Phi) is 7.86. The molecule has 3 aromatic rings. The van der Waals surface area contributed by atoms with Crippen LogP contribution in [0.1, 0.15) is 43.1 Å². The van der Waals surface area contributed by atoms with Crippen molar-refractivity contribution in [1.29, 1.82) is 0 Å². The summed E-state index contributed by atoms with van der Waals surface area (Å²) in [7, 11) is 1.52. The van der Waals surface area contributed by atoms with Gasteiger partial charge < -0.3 is 19.8 Å². The average molecular weight is 491 g/mol. The van der Waals surface area contributed by atoms with Crippen molar-refractivity contribution in [3.05, 3.63) is 53.2 Å². The molecule has 0 saturated heterocycles. The standard InChI is InChI=1S/C26H33F3N4O2/c1-17-15-20-18-7-4-5-8-21(18)31-23(20)24(33(17)16-26(2,28)29)19-9-10-22(32-25(19)34-3)35-14-13-30-12-6-11-27/h4-5,7-10,17,24,30-31H,6,11-16H2,1-3H3/t17-,24?/m1/s1. The van der Waals surface area contributed by atoms with Gasteiger partial charge in [-0.05, 0) is 44.0 Å². The van der Waals surface area contributed by atoms with Gasteiger partial charge in [0.25, 0.3) is 5.92 Å². The molecule has 0 saturated carbocycles. The molecule has 35 heavy (non-hydrogen) atoms. The van der Waals surface area contributed by atoms with Gasteiger partial charge in [-0.3, -0.25) is 9.29 Å². The molecule has 4 rings (SSSR count). The van der Waals surface area contributed by atoms with E-state index in [1.54, 1.807) is 6.07 Å². The normalized spacial score (nSPS) is 18.6. The van der Waals surface area contributed by atoms with E-state index in [0.29, 0.717) is 49.9 Å². The fraction of sp³-hybridized carbons (Fsp3) is 0.500. The number of ether oxygens (including phenoxy) is 2. The van der Waals surface area contributed by atoms with Gasteiger partial charge in [-0.15, -0.1) is 0 Å². The molecule has 1 aliphatic rings. The van der Waals surface area contributed by atoms with Crippen molar-refractivity contribution < 1.29 is 22.6 Å². The lowest BCUT2D eigenvalue weighted by molar-refractivity contribution is -0.0369. The summed E-state index contributed by atoms with van der Waals surface area (Å²) in [6.07, 6.45) is 1.13. The Bertz CT molecular complexity index is 1130. The second-order valence-electron chi connectivity index (χ2n) is 9.15. The molecule has 6 nitrogen and oxygen atoms in total. The first-order chi connectivity index (χ1) is 16.8. The zero-order valence-electron chi connectivity index (χ0n) is 20.4. The van der Waals surface area contributed by atoms with Gasteiger partial charge in [0, 0.05) is 47.7 Å². The van der Waals surface area contributed by atoms with Crippen LogP contribution in [0.2, 0.25) is 0 Å². The number of benzene rings is 1. The van der Waals surface area contributed by atoms with Crippen molar-refractivity contribution in [3.8, 4) is 11.8 Å². The Balaban J connectivity index is 1.68. The zero-order valence-corrected chi connectivity index (χ0v) is 20.4. The molecule has 0 spiro atoms. The lowest BCUT2D eigenvalue weighted by Crippen LogP contribution is -2.47. The molecule has 0 aliphatic carbocycles. The monoisotopic (exact) mass is 490 g/mol. The van der Waals surface area contributed by atoms with Gasteiger partial charge in [0.1, 0.15) is 6.61 Å². The molecule has 0 bridgehead atoms. The summed E-state index contributed by atoms with van der Waals surface area (Å²) >= 11 is 0. The van der Waals surface area contributed by atoms with E-state index >= 15 is 0 Å². The van der Waals surface area contributed by atoms with E-state index in [-0.39, 0.29) is 19.3 Å². The molecule has 1 unspecified atom stereocenters. The smallest absolute Gasteiger partial charge is 0.257 e. The number of hydrogen-bond acceptors (Lipinski definition) is 5. The van der Waals surface area contributed by atoms with E-state index in [2.05, 4.69) is 21.4 Å². The summed E-state index contributed by atoms with van der Waals surface area (Å²) in [4.78, 5) is 9.84. The van der Waals surface area contributed by atoms with Crippen LogP contribution in [0.4, 0.5) is 13.2 Å². The van der Waals surface area contributed by atoms with Crippen LogP contribution in [-0.4, -0.2) is 66.9 Å². The lowest BCUT2D eigenvalue weighted by atomic mass is 9.88. The molecule has 2 N–H and O–H groups in total. The topological polar surface area (TPSA) is 62.4 Å². The van der Waals surface area contributed by atoms with Crippen molar-refractivity contribution in [2.24, 2.45) is 0 Å². The SMILES string of the molecule is COc1nc(OCCNCCCF)ccc1C1c2[nH]c3ccccc3c2C[C@@H](C)N1CC(C)(F)F. The number of aromatic nitrogens is 2. The van der Waals surface area contributed by atoms with Gasteiger partial charge in [0.05, 0.1) is 26.4 Å². The van der Waals surface area contributed by atoms with Crippen LogP contribution in [0.3, 0.4) is 0 Å². The van der Waals surface area contributed by atoms with E-state index in [4.69, 9.17) is 9.47 Å². The van der Waals surface area contributed by atoms with Gasteiger partial charge in [0.15, 0.2) is 0 Å². The predicted molar refractivity (Wildman–Crippen MR) is 130 cm³/mol. The minimum Gasteiger partial charge on any atom is -0.481 e. The molecular formula is C26H33F3N4O2. The van der Waals surface area contributed by atoms with Crippen LogP contribution < -0.4 is 14.8 Å². The number of pyridine rings is 1. The number of nitrogens with one attached hydrogen (secondary N) is 2. The first-order valence-corrected chi connectivity index (χ1v) is 12.0. The number of alkyl halides is 3. The van der Waals surface area contributed by atoms with Gasteiger partial charge in [-0.1, -0.05) is 18.2 Å². The molecule has 0 amide bonds. The molecule has 2 aromatic heterocycles. The van der Waals surface area contributed by atoms with Crippen molar-refractivity contribution in [2.75, 3.05) is 40.0 Å². The van der Waals surface area contributed by atoms with Crippen molar-refractivity contribution >= 4 is 10.9 Å². The maximum Gasteiger partial charge on any atom is 0.257 e. The molecule has 1 aromatic carbocycles. The fourth-order valence-corrected chi connectivity index (χ4v) is 4.84. The highest BCUT2D eigenvalue weighted by Gasteiger charge is 2.41. The van der Waals surface area contributed by atoms with Crippen molar-refractivity contribution in [3.63, 3.8) is 0 Å². The van der Waals surface area contributed by atoms with Crippen LogP contribution >= 0.6 is 0 Å². The van der Waals surface area contributed by atoms with E-state index < -0.39 is 12.0 Å². The number of hydrogen-bond donors (Lipinski definition) is 2. The number of para-hydroxylation sites is 1. The summed E-state index contributed by atoms with van der Waals surface area (Å²) in [5.41, 5.74) is 3.70. The molecule has 1 aliphatic heterocycles. The van der Waals surface area contributed by atoms with Gasteiger partial charge in [-0.2, -0.15) is 4.98 Å². The minimum absolute atomic E-state index is 0.117. The van der Waals surface area contributed by atoms with E-state index in [0.717, 1.165) is 29.1 Å². The largest absolute Gasteiger partial charge is 0.481 e. The Morgan fingerprint density at radius 1 is 1.20 bits per heavy atom. The number of aromatic amines is 1. The molecule has 3 heterocycles. The maximum absolute atomic E-state index is 14.3. The van der Waals surface area contributed by atoms with Crippen molar-refractivity contribution in [2.45, 2.75) is 44.7 Å². The Hall–Kier alpha value is -2.78. The second-order valence-corrected chi connectivity index (χ2v) is 9.15.